The van der Waals surface area contributed by atoms with Crippen LogP contribution in [0.5, 0.6) is 5.75 Å². The van der Waals surface area contributed by atoms with Gasteiger partial charge in [-0.15, -0.1) is 0 Å². The lowest BCUT2D eigenvalue weighted by Gasteiger charge is -2.29. The van der Waals surface area contributed by atoms with Gasteiger partial charge in [0.05, 0.1) is 23.9 Å². The summed E-state index contributed by atoms with van der Waals surface area (Å²) >= 11 is 6.13. The lowest BCUT2D eigenvalue weighted by atomic mass is 9.91. The van der Waals surface area contributed by atoms with Gasteiger partial charge in [0.1, 0.15) is 17.6 Å². The molecule has 210 valence electrons. The third kappa shape index (κ3) is 5.90. The standard InChI is InChI=1S/C30H31ClFN3O5/c1-17-12-19-7-10-23(31)28(32)27(19)22-14-26(36)35(15-25(22)40-16-17)24(13-21-4-2-3-11-39-21)30(38)34-20-8-5-18(6-9-20)29(33)37/h5-10,14-15,17,21,24H,2-4,11-13,16H2,1H3,(H2,33,37)(H,34,38). The maximum absolute atomic E-state index is 15.3. The van der Waals surface area contributed by atoms with Crippen molar-refractivity contribution in [3.8, 4) is 16.9 Å². The van der Waals surface area contributed by atoms with Crippen LogP contribution >= 0.6 is 11.6 Å². The van der Waals surface area contributed by atoms with Crippen molar-refractivity contribution in [1.82, 2.24) is 4.57 Å². The smallest absolute Gasteiger partial charge is 0.252 e. The third-order valence-corrected chi connectivity index (χ3v) is 7.71. The first-order valence-corrected chi connectivity index (χ1v) is 13.8. The van der Waals surface area contributed by atoms with E-state index in [1.54, 1.807) is 18.2 Å². The molecule has 3 unspecified atom stereocenters. The number of nitrogens with zero attached hydrogens (tertiary/aromatic N) is 1. The third-order valence-electron chi connectivity index (χ3n) is 7.42. The molecule has 0 bridgehead atoms. The number of rotatable bonds is 6. The number of nitrogens with two attached hydrogens (primary N) is 1. The lowest BCUT2D eigenvalue weighted by Crippen LogP contribution is -2.36. The summed E-state index contributed by atoms with van der Waals surface area (Å²) in [4.78, 5) is 38.7. The highest BCUT2D eigenvalue weighted by atomic mass is 35.5. The molecule has 1 saturated heterocycles. The summed E-state index contributed by atoms with van der Waals surface area (Å²) < 4.78 is 28.7. The molecule has 0 radical (unpaired) electrons. The molecule has 3 heterocycles. The molecule has 5 rings (SSSR count). The number of hydrogen-bond acceptors (Lipinski definition) is 5. The summed E-state index contributed by atoms with van der Waals surface area (Å²) in [7, 11) is 0. The highest BCUT2D eigenvalue weighted by molar-refractivity contribution is 6.31. The predicted molar refractivity (Wildman–Crippen MR) is 150 cm³/mol. The van der Waals surface area contributed by atoms with Gasteiger partial charge in [-0.05, 0) is 67.5 Å². The molecule has 2 aliphatic heterocycles. The Morgan fingerprint density at radius 2 is 1.98 bits per heavy atom. The molecular weight excluding hydrogens is 537 g/mol. The first kappa shape index (κ1) is 27.9. The molecule has 0 spiro atoms. The second-order valence-electron chi connectivity index (χ2n) is 10.5. The van der Waals surface area contributed by atoms with Crippen molar-refractivity contribution in [2.24, 2.45) is 11.7 Å². The van der Waals surface area contributed by atoms with Gasteiger partial charge in [0.15, 0.2) is 0 Å². The van der Waals surface area contributed by atoms with Gasteiger partial charge in [-0.25, -0.2) is 4.39 Å². The fourth-order valence-electron chi connectivity index (χ4n) is 5.33. The second kappa shape index (κ2) is 11.8. The number of benzene rings is 2. The zero-order valence-electron chi connectivity index (χ0n) is 22.1. The molecule has 2 aliphatic rings. The zero-order valence-corrected chi connectivity index (χ0v) is 22.9. The number of carbonyl (C=O) groups is 2. The molecule has 2 amide bonds. The average molecular weight is 568 g/mol. The van der Waals surface area contributed by atoms with Gasteiger partial charge in [-0.1, -0.05) is 24.6 Å². The highest BCUT2D eigenvalue weighted by Crippen LogP contribution is 2.39. The number of primary amides is 1. The Morgan fingerprint density at radius 1 is 1.20 bits per heavy atom. The van der Waals surface area contributed by atoms with E-state index in [2.05, 4.69) is 5.32 Å². The molecule has 3 atom stereocenters. The fraction of sp³-hybridized carbons (Fsp3) is 0.367. The number of ether oxygens (including phenoxy) is 2. The van der Waals surface area contributed by atoms with Crippen molar-refractivity contribution in [2.75, 3.05) is 18.5 Å². The van der Waals surface area contributed by atoms with Gasteiger partial charge in [0.2, 0.25) is 11.8 Å². The van der Waals surface area contributed by atoms with Crippen LogP contribution in [0.15, 0.2) is 53.5 Å². The minimum atomic E-state index is -0.938. The van der Waals surface area contributed by atoms with Crippen LogP contribution < -0.4 is 21.3 Å². The number of anilines is 1. The first-order valence-electron chi connectivity index (χ1n) is 13.4. The first-order chi connectivity index (χ1) is 19.2. The largest absolute Gasteiger partial charge is 0.491 e. The van der Waals surface area contributed by atoms with E-state index < -0.39 is 29.2 Å². The van der Waals surface area contributed by atoms with E-state index in [0.29, 0.717) is 42.2 Å². The number of carbonyl (C=O) groups excluding carboxylic acids is 2. The van der Waals surface area contributed by atoms with Gasteiger partial charge in [0, 0.05) is 41.5 Å². The molecule has 1 fully saturated rings. The molecule has 3 aromatic rings. The van der Waals surface area contributed by atoms with E-state index in [9.17, 15) is 14.4 Å². The van der Waals surface area contributed by atoms with Crippen molar-refractivity contribution < 1.29 is 23.5 Å². The number of nitrogens with one attached hydrogen (secondary N) is 1. The monoisotopic (exact) mass is 567 g/mol. The molecule has 2 aromatic carbocycles. The minimum Gasteiger partial charge on any atom is -0.491 e. The molecule has 8 nitrogen and oxygen atoms in total. The molecular formula is C30H31ClFN3O5. The molecule has 10 heteroatoms. The van der Waals surface area contributed by atoms with Crippen molar-refractivity contribution >= 4 is 29.1 Å². The number of hydrogen-bond donors (Lipinski definition) is 2. The van der Waals surface area contributed by atoms with Crippen LogP contribution in [0.1, 0.15) is 54.6 Å². The molecule has 1 aromatic heterocycles. The van der Waals surface area contributed by atoms with Gasteiger partial charge < -0.3 is 20.5 Å². The number of halogens is 2. The lowest BCUT2D eigenvalue weighted by molar-refractivity contribution is -0.121. The summed E-state index contributed by atoms with van der Waals surface area (Å²) in [6.45, 7) is 2.94. The topological polar surface area (TPSA) is 113 Å². The Balaban J connectivity index is 1.56. The summed E-state index contributed by atoms with van der Waals surface area (Å²) in [5.74, 6) is -1.25. The summed E-state index contributed by atoms with van der Waals surface area (Å²) in [5, 5.41) is 2.80. The number of pyridine rings is 1. The van der Waals surface area contributed by atoms with Crippen LogP contribution in [-0.2, 0) is 16.0 Å². The second-order valence-corrected chi connectivity index (χ2v) is 10.9. The highest BCUT2D eigenvalue weighted by Gasteiger charge is 2.30. The van der Waals surface area contributed by atoms with Crippen LogP contribution in [0, 0.1) is 11.7 Å². The van der Waals surface area contributed by atoms with Gasteiger partial charge in [0.25, 0.3) is 5.56 Å². The van der Waals surface area contributed by atoms with Crippen LogP contribution in [-0.4, -0.2) is 35.7 Å². The van der Waals surface area contributed by atoms with E-state index in [0.717, 1.165) is 24.8 Å². The van der Waals surface area contributed by atoms with E-state index in [1.165, 1.54) is 35.0 Å². The van der Waals surface area contributed by atoms with Gasteiger partial charge in [-0.3, -0.25) is 19.0 Å². The molecule has 0 saturated carbocycles. The van der Waals surface area contributed by atoms with Crippen LogP contribution in [0.3, 0.4) is 0 Å². The Hall–Kier alpha value is -3.69. The molecule has 0 aliphatic carbocycles. The maximum atomic E-state index is 15.3. The van der Waals surface area contributed by atoms with Crippen molar-refractivity contribution in [3.05, 3.63) is 81.0 Å². The number of fused-ring (bicyclic) bond motifs is 3. The van der Waals surface area contributed by atoms with E-state index >= 15 is 4.39 Å². The van der Waals surface area contributed by atoms with Crippen LogP contribution in [0.4, 0.5) is 10.1 Å². The SMILES string of the molecule is CC1COc2cn(C(CC3CCCCO3)C(=O)Nc3ccc(C(N)=O)cc3)c(=O)cc2-c2c(ccc(Cl)c2F)C1. The van der Waals surface area contributed by atoms with E-state index in [1.807, 2.05) is 6.92 Å². The van der Waals surface area contributed by atoms with Crippen molar-refractivity contribution in [3.63, 3.8) is 0 Å². The van der Waals surface area contributed by atoms with Gasteiger partial charge in [-0.2, -0.15) is 0 Å². The molecule has 40 heavy (non-hydrogen) atoms. The fourth-order valence-corrected chi connectivity index (χ4v) is 5.49. The molecule has 3 N–H and O–H groups in total. The van der Waals surface area contributed by atoms with Gasteiger partial charge >= 0.3 is 0 Å². The predicted octanol–water partition coefficient (Wildman–Crippen LogP) is 5.12. The Labute approximate surface area is 236 Å². The minimum absolute atomic E-state index is 0.0452. The summed E-state index contributed by atoms with van der Waals surface area (Å²) in [6.07, 6.45) is 4.77. The summed E-state index contributed by atoms with van der Waals surface area (Å²) in [5.41, 5.74) is 6.87. The van der Waals surface area contributed by atoms with E-state index in [4.69, 9.17) is 26.8 Å². The Morgan fingerprint density at radius 3 is 2.67 bits per heavy atom. The Bertz CT molecular complexity index is 1480. The van der Waals surface area contributed by atoms with Crippen LogP contribution in [0.2, 0.25) is 5.02 Å². The quantitative estimate of drug-likeness (QED) is 0.429. The maximum Gasteiger partial charge on any atom is 0.252 e. The zero-order chi connectivity index (χ0) is 28.4. The van der Waals surface area contributed by atoms with Crippen molar-refractivity contribution in [2.45, 2.75) is 51.2 Å². The number of amides is 2. The van der Waals surface area contributed by atoms with E-state index in [-0.39, 0.29) is 29.0 Å². The number of aromatic nitrogens is 1. The normalized spacial score (nSPS) is 19.3. The van der Waals surface area contributed by atoms with Crippen molar-refractivity contribution in [1.29, 1.82) is 0 Å². The summed E-state index contributed by atoms with van der Waals surface area (Å²) in [6, 6.07) is 9.85. The average Bonchev–Trinajstić information content (AvgIpc) is 2.93. The Kier molecular flexibility index (Phi) is 8.23. The van der Waals surface area contributed by atoms with Crippen LogP contribution in [0.25, 0.3) is 11.1 Å².